The third-order valence-corrected chi connectivity index (χ3v) is 10.3. The Morgan fingerprint density at radius 2 is 1.17 bits per heavy atom. The highest BCUT2D eigenvalue weighted by Crippen LogP contribution is 2.26. The Kier molecular flexibility index (Phi) is 34.9. The van der Waals surface area contributed by atoms with Gasteiger partial charge in [-0.05, 0) is 77.0 Å². The highest BCUT2D eigenvalue weighted by molar-refractivity contribution is 7.80. The smallest absolute Gasteiger partial charge is 0.397 e. The van der Waals surface area contributed by atoms with Crippen LogP contribution in [0.5, 0.6) is 0 Å². The predicted octanol–water partition coefficient (Wildman–Crippen LogP) is 9.35. The summed E-state index contributed by atoms with van der Waals surface area (Å²) in [6.07, 6.45) is 36.8. The van der Waals surface area contributed by atoms with Crippen LogP contribution in [0, 0.1) is 0 Å². The van der Waals surface area contributed by atoms with Gasteiger partial charge in [0.2, 0.25) is 0 Å². The van der Waals surface area contributed by atoms with Gasteiger partial charge >= 0.3 is 16.4 Å². The minimum Gasteiger partial charge on any atom is -0.457 e. The topological polar surface area (TPSA) is 178 Å². The molecule has 0 spiro atoms. The Hall–Kier alpha value is -2.20. The van der Waals surface area contributed by atoms with E-state index in [0.29, 0.717) is 13.0 Å². The third kappa shape index (κ3) is 31.3. The average molecular weight is 857 g/mol. The molecule has 13 heteroatoms. The van der Waals surface area contributed by atoms with Crippen molar-refractivity contribution in [2.45, 2.75) is 198 Å². The molecule has 6 unspecified atom stereocenters. The number of aliphatic hydroxyl groups is 3. The Balaban J connectivity index is 2.45. The summed E-state index contributed by atoms with van der Waals surface area (Å²) in [4.78, 5) is 12.8. The second-order valence-corrected chi connectivity index (χ2v) is 16.3. The van der Waals surface area contributed by atoms with Crippen molar-refractivity contribution in [3.05, 3.63) is 60.8 Å². The molecule has 0 saturated carbocycles. The minimum atomic E-state index is -5.07. The molecule has 0 radical (unpaired) electrons. The summed E-state index contributed by atoms with van der Waals surface area (Å²) in [5, 5.41) is 30.6. The largest absolute Gasteiger partial charge is 0.457 e. The Morgan fingerprint density at radius 1 is 0.661 bits per heavy atom. The predicted molar refractivity (Wildman–Crippen MR) is 234 cm³/mol. The van der Waals surface area contributed by atoms with Crippen molar-refractivity contribution in [2.24, 2.45) is 0 Å². The van der Waals surface area contributed by atoms with Crippen LogP contribution in [0.3, 0.4) is 0 Å². The van der Waals surface area contributed by atoms with Crippen molar-refractivity contribution in [1.82, 2.24) is 0 Å². The van der Waals surface area contributed by atoms with Crippen molar-refractivity contribution in [1.29, 1.82) is 0 Å². The highest BCUT2D eigenvalue weighted by Gasteiger charge is 2.48. The van der Waals surface area contributed by atoms with E-state index in [0.717, 1.165) is 83.5 Å². The van der Waals surface area contributed by atoms with Crippen LogP contribution in [-0.2, 0) is 38.3 Å². The van der Waals surface area contributed by atoms with Crippen LogP contribution in [0.1, 0.15) is 162 Å². The van der Waals surface area contributed by atoms with Crippen LogP contribution in [-0.4, -0.2) is 97.5 Å². The second-order valence-electron chi connectivity index (χ2n) is 15.3. The van der Waals surface area contributed by atoms with Gasteiger partial charge in [-0.3, -0.25) is 9.35 Å². The van der Waals surface area contributed by atoms with Gasteiger partial charge in [0.15, 0.2) is 6.29 Å². The summed E-state index contributed by atoms with van der Waals surface area (Å²) in [5.41, 5.74) is 0. The third-order valence-electron chi connectivity index (χ3n) is 9.87. The summed E-state index contributed by atoms with van der Waals surface area (Å²) >= 11 is 0. The van der Waals surface area contributed by atoms with Gasteiger partial charge in [0, 0.05) is 13.0 Å². The summed E-state index contributed by atoms with van der Waals surface area (Å²) in [6.45, 7) is 3.78. The molecule has 342 valence electrons. The first-order valence-electron chi connectivity index (χ1n) is 22.5. The molecular weight excluding hydrogens is 777 g/mol. The van der Waals surface area contributed by atoms with Crippen molar-refractivity contribution in [2.75, 3.05) is 26.4 Å². The van der Waals surface area contributed by atoms with Crippen molar-refractivity contribution >= 4 is 16.4 Å². The Bertz CT molecular complexity index is 1260. The number of hydrogen-bond acceptors (Lipinski definition) is 11. The molecule has 1 saturated heterocycles. The van der Waals surface area contributed by atoms with Gasteiger partial charge in [0.25, 0.3) is 0 Å². The number of esters is 1. The average Bonchev–Trinajstić information content (AvgIpc) is 3.20. The maximum atomic E-state index is 12.8. The number of ether oxygens (including phenoxy) is 4. The maximum absolute atomic E-state index is 12.8. The van der Waals surface area contributed by atoms with E-state index in [1.165, 1.54) is 51.4 Å². The highest BCUT2D eigenvalue weighted by atomic mass is 32.3. The van der Waals surface area contributed by atoms with E-state index in [1.54, 1.807) is 0 Å². The van der Waals surface area contributed by atoms with E-state index in [2.05, 4.69) is 78.8 Å². The Morgan fingerprint density at radius 3 is 1.71 bits per heavy atom. The van der Waals surface area contributed by atoms with Gasteiger partial charge in [-0.25, -0.2) is 4.18 Å². The van der Waals surface area contributed by atoms with Crippen molar-refractivity contribution < 1.29 is 56.2 Å². The fourth-order valence-corrected chi connectivity index (χ4v) is 6.99. The molecule has 1 aliphatic heterocycles. The molecule has 1 rings (SSSR count). The van der Waals surface area contributed by atoms with Crippen LogP contribution >= 0.6 is 0 Å². The molecule has 0 aromatic carbocycles. The zero-order valence-electron chi connectivity index (χ0n) is 36.3. The van der Waals surface area contributed by atoms with E-state index >= 15 is 0 Å². The van der Waals surface area contributed by atoms with E-state index in [-0.39, 0.29) is 19.6 Å². The SMILES string of the molecule is CC/C=C\C/C=C\C/C=C\CCCCCCOCC(COC1OC(CO)C(O)C(OS(=O)(=O)O)C1O)OC(=O)CCCCCCCCC/C=C\C/C=C\CCCCCC. The summed E-state index contributed by atoms with van der Waals surface area (Å²) in [7, 11) is -5.07. The number of carbonyl (C=O) groups is 1. The molecule has 12 nitrogen and oxygen atoms in total. The molecule has 0 bridgehead atoms. The molecule has 4 N–H and O–H groups in total. The summed E-state index contributed by atoms with van der Waals surface area (Å²) in [6, 6.07) is 0. The molecule has 59 heavy (non-hydrogen) atoms. The zero-order chi connectivity index (χ0) is 43.2. The van der Waals surface area contributed by atoms with E-state index < -0.39 is 59.8 Å². The lowest BCUT2D eigenvalue weighted by Crippen LogP contribution is -2.60. The lowest BCUT2D eigenvalue weighted by Gasteiger charge is -2.41. The number of unbranched alkanes of at least 4 members (excludes halogenated alkanes) is 15. The molecule has 6 atom stereocenters. The Labute approximate surface area is 357 Å². The van der Waals surface area contributed by atoms with Gasteiger partial charge in [-0.15, -0.1) is 0 Å². The molecule has 0 aromatic heterocycles. The molecule has 0 aromatic rings. The monoisotopic (exact) mass is 857 g/mol. The minimum absolute atomic E-state index is 0.0149. The molecular formula is C46H80O12S. The maximum Gasteiger partial charge on any atom is 0.397 e. The van der Waals surface area contributed by atoms with Crippen LogP contribution in [0.15, 0.2) is 60.8 Å². The van der Waals surface area contributed by atoms with Gasteiger partial charge < -0.3 is 34.3 Å². The number of hydrogen-bond donors (Lipinski definition) is 4. The van der Waals surface area contributed by atoms with Crippen LogP contribution in [0.2, 0.25) is 0 Å². The summed E-state index contributed by atoms with van der Waals surface area (Å²) < 4.78 is 59.0. The van der Waals surface area contributed by atoms with E-state index in [4.69, 9.17) is 23.5 Å². The standard InChI is InChI=1S/C46H80O12S/c1-3-5-7-9-11-13-15-17-19-20-21-22-23-25-27-29-31-33-35-42(48)56-40(38-54-36-34-32-30-28-26-24-18-16-14-12-10-8-6-4-2)39-55-46-44(50)45(58-59(51,52)53)43(49)41(37-47)57-46/h6,8,12-15,18-20,24,40-41,43-47,49-50H,3-5,7,9-11,16-17,21-23,25-39H2,1-2H3,(H,51,52,53)/b8-6-,14-12-,15-13-,20-19-,24-18-. The van der Waals surface area contributed by atoms with E-state index in [1.807, 2.05) is 0 Å². The van der Waals surface area contributed by atoms with Gasteiger partial charge in [-0.1, -0.05) is 139 Å². The molecule has 1 heterocycles. The number of carbonyl (C=O) groups excluding carboxylic acids is 1. The lowest BCUT2D eigenvalue weighted by molar-refractivity contribution is -0.301. The van der Waals surface area contributed by atoms with Crippen LogP contribution < -0.4 is 0 Å². The molecule has 0 amide bonds. The van der Waals surface area contributed by atoms with Gasteiger partial charge in [0.1, 0.15) is 30.5 Å². The normalized spacial score (nSPS) is 20.9. The molecule has 0 aliphatic carbocycles. The van der Waals surface area contributed by atoms with Crippen LogP contribution in [0.25, 0.3) is 0 Å². The van der Waals surface area contributed by atoms with Crippen molar-refractivity contribution in [3.63, 3.8) is 0 Å². The zero-order valence-corrected chi connectivity index (χ0v) is 37.1. The van der Waals surface area contributed by atoms with Crippen molar-refractivity contribution in [3.8, 4) is 0 Å². The fraction of sp³-hybridized carbons (Fsp3) is 0.761. The number of rotatable bonds is 38. The lowest BCUT2D eigenvalue weighted by atomic mass is 9.99. The van der Waals surface area contributed by atoms with Crippen LogP contribution in [0.4, 0.5) is 0 Å². The number of aliphatic hydroxyl groups excluding tert-OH is 3. The quantitative estimate of drug-likeness (QED) is 0.0201. The summed E-state index contributed by atoms with van der Waals surface area (Å²) in [5.74, 6) is -0.418. The second kappa shape index (κ2) is 37.6. The van der Waals surface area contributed by atoms with Gasteiger partial charge in [-0.2, -0.15) is 8.42 Å². The van der Waals surface area contributed by atoms with E-state index in [9.17, 15) is 28.5 Å². The first-order valence-corrected chi connectivity index (χ1v) is 23.9. The molecule has 1 aliphatic rings. The first-order chi connectivity index (χ1) is 28.6. The first kappa shape index (κ1) is 54.8. The van der Waals surface area contributed by atoms with Gasteiger partial charge in [0.05, 0.1) is 19.8 Å². The fourth-order valence-electron chi connectivity index (χ4n) is 6.48. The number of allylic oxidation sites excluding steroid dienone is 10. The molecule has 1 fully saturated rings.